The molecule has 0 saturated heterocycles. The number of hydrogen-bond donors (Lipinski definition) is 3. The molecule has 2 atom stereocenters. The van der Waals surface area contributed by atoms with Crippen molar-refractivity contribution < 1.29 is 33.6 Å². The zero-order chi connectivity index (χ0) is 15.4. The fourth-order valence-electron chi connectivity index (χ4n) is 1.63. The first-order chi connectivity index (χ1) is 9.12. The maximum absolute atomic E-state index is 12.4. The quantitative estimate of drug-likeness (QED) is 0.216. The number of hydroxylamine groups is 3. The molecule has 114 valence electrons. The van der Waals surface area contributed by atoms with E-state index in [1.165, 1.54) is 6.92 Å². The Morgan fingerprint density at radius 1 is 1.38 bits per heavy atom. The summed E-state index contributed by atoms with van der Waals surface area (Å²) in [5, 5.41) is 21.1. The van der Waals surface area contributed by atoms with Crippen LogP contribution < -0.4 is 4.74 Å². The predicted molar refractivity (Wildman–Crippen MR) is 76.7 cm³/mol. The van der Waals surface area contributed by atoms with Crippen LogP contribution in [0, 0.1) is 5.21 Å². The molecule has 0 radical (unpaired) electrons. The molecule has 1 rings (SSSR count). The number of carboxylic acid groups (broad SMARTS) is 1. The van der Waals surface area contributed by atoms with Gasteiger partial charge in [0, 0.05) is 6.92 Å². The first-order valence-corrected chi connectivity index (χ1v) is 7.48. The summed E-state index contributed by atoms with van der Waals surface area (Å²) >= 11 is 0. The van der Waals surface area contributed by atoms with E-state index >= 15 is 0 Å². The summed E-state index contributed by atoms with van der Waals surface area (Å²) in [7, 11) is -4.69. The van der Waals surface area contributed by atoms with Gasteiger partial charge >= 0.3 is 43.1 Å². The third kappa shape index (κ3) is 7.39. The zero-order valence-corrected chi connectivity index (χ0v) is 11.6. The molecule has 0 aliphatic rings. The number of quaternary nitrogens is 1. The maximum atomic E-state index is 12.4. The van der Waals surface area contributed by atoms with Crippen molar-refractivity contribution in [3.05, 3.63) is 35.5 Å². The van der Waals surface area contributed by atoms with Crippen molar-refractivity contribution in [2.75, 3.05) is 12.8 Å². The molecule has 0 fully saturated rings. The Kier molecular flexibility index (Phi) is 8.09. The van der Waals surface area contributed by atoms with Gasteiger partial charge in [-0.3, -0.25) is 4.57 Å². The van der Waals surface area contributed by atoms with Crippen molar-refractivity contribution in [3.8, 4) is 5.75 Å². The number of carboxylic acids is 1. The second-order valence-electron chi connectivity index (χ2n) is 4.34. The number of aliphatic carboxylic acids is 1. The zero-order valence-electron chi connectivity index (χ0n) is 10.7. The van der Waals surface area contributed by atoms with Gasteiger partial charge < -0.3 is 29.5 Å². The third-order valence-corrected chi connectivity index (χ3v) is 3.39. The van der Waals surface area contributed by atoms with Crippen LogP contribution in [-0.2, 0) is 9.36 Å². The van der Waals surface area contributed by atoms with Crippen molar-refractivity contribution in [2.45, 2.75) is 13.2 Å². The topological polar surface area (TPSA) is 127 Å². The molecule has 0 saturated carbocycles. The molecule has 0 amide bonds. The first kappa shape index (κ1) is 20.6. The van der Waals surface area contributed by atoms with E-state index in [0.29, 0.717) is 5.75 Å². The SMILES string of the molecule is CC(Oc1ccccc1)[N+]([O-])(CC(=O)O)CP(=O)(O)O.[NaH]. The summed E-state index contributed by atoms with van der Waals surface area (Å²) in [4.78, 5) is 28.6. The van der Waals surface area contributed by atoms with E-state index in [1.807, 2.05) is 0 Å². The average Bonchev–Trinajstić information content (AvgIpc) is 2.26. The normalized spacial score (nSPS) is 15.4. The van der Waals surface area contributed by atoms with Crippen LogP contribution in [0.4, 0.5) is 0 Å². The van der Waals surface area contributed by atoms with Gasteiger partial charge in [-0.25, -0.2) is 4.79 Å². The van der Waals surface area contributed by atoms with Crippen molar-refractivity contribution in [1.29, 1.82) is 0 Å². The summed E-state index contributed by atoms with van der Waals surface area (Å²) in [6.45, 7) is 0.276. The molecule has 0 aromatic heterocycles. The van der Waals surface area contributed by atoms with E-state index < -0.39 is 37.3 Å². The number of rotatable bonds is 7. The van der Waals surface area contributed by atoms with Crippen LogP contribution >= 0.6 is 7.60 Å². The van der Waals surface area contributed by atoms with Crippen LogP contribution in [0.5, 0.6) is 5.75 Å². The van der Waals surface area contributed by atoms with Gasteiger partial charge in [-0.1, -0.05) is 18.2 Å². The fraction of sp³-hybridized carbons (Fsp3) is 0.364. The van der Waals surface area contributed by atoms with Crippen molar-refractivity contribution in [1.82, 2.24) is 0 Å². The van der Waals surface area contributed by atoms with Crippen molar-refractivity contribution >= 4 is 43.1 Å². The third-order valence-electron chi connectivity index (χ3n) is 2.54. The van der Waals surface area contributed by atoms with Gasteiger partial charge in [-0.2, -0.15) is 0 Å². The van der Waals surface area contributed by atoms with E-state index in [-0.39, 0.29) is 29.6 Å². The van der Waals surface area contributed by atoms with E-state index in [4.69, 9.17) is 19.6 Å². The molecule has 0 spiro atoms. The molecule has 3 N–H and O–H groups in total. The molecule has 8 nitrogen and oxygen atoms in total. The van der Waals surface area contributed by atoms with E-state index in [9.17, 15) is 14.6 Å². The summed E-state index contributed by atoms with van der Waals surface area (Å²) in [6.07, 6.45) is -2.44. The molecular formula is C11H17NNaO7P. The fourth-order valence-corrected chi connectivity index (χ4v) is 2.58. The number of carbonyl (C=O) groups is 1. The molecule has 1 aromatic rings. The molecule has 10 heteroatoms. The van der Waals surface area contributed by atoms with Crippen LogP contribution in [0.25, 0.3) is 0 Å². The van der Waals surface area contributed by atoms with Gasteiger partial charge in [0.15, 0.2) is 12.8 Å². The van der Waals surface area contributed by atoms with Crippen molar-refractivity contribution in [3.63, 3.8) is 0 Å². The van der Waals surface area contributed by atoms with E-state index in [0.717, 1.165) is 0 Å². The Labute approximate surface area is 144 Å². The van der Waals surface area contributed by atoms with Gasteiger partial charge in [-0.05, 0) is 12.1 Å². The summed E-state index contributed by atoms with van der Waals surface area (Å²) in [6, 6.07) is 8.14. The van der Waals surface area contributed by atoms with Gasteiger partial charge in [0.1, 0.15) is 5.75 Å². The Morgan fingerprint density at radius 3 is 2.33 bits per heavy atom. The van der Waals surface area contributed by atoms with Gasteiger partial charge in [-0.15, -0.1) is 0 Å². The number of ether oxygens (including phenoxy) is 1. The predicted octanol–water partition coefficient (Wildman–Crippen LogP) is 0.297. The molecule has 0 bridgehead atoms. The van der Waals surface area contributed by atoms with Crippen LogP contribution in [-0.4, -0.2) is 74.1 Å². The van der Waals surface area contributed by atoms with E-state index in [1.54, 1.807) is 30.3 Å². The molecule has 0 heterocycles. The summed E-state index contributed by atoms with van der Waals surface area (Å²) < 4.78 is 14.6. The molecule has 0 aliphatic carbocycles. The minimum atomic E-state index is -4.69. The monoisotopic (exact) mass is 329 g/mol. The Hall–Kier alpha value is -0.440. The van der Waals surface area contributed by atoms with Gasteiger partial charge in [0.2, 0.25) is 6.23 Å². The molecule has 2 unspecified atom stereocenters. The first-order valence-electron chi connectivity index (χ1n) is 5.68. The van der Waals surface area contributed by atoms with Crippen LogP contribution in [0.3, 0.4) is 0 Å². The number of benzene rings is 1. The molecular weight excluding hydrogens is 312 g/mol. The summed E-state index contributed by atoms with van der Waals surface area (Å²) in [5.74, 6) is -1.15. The van der Waals surface area contributed by atoms with Crippen molar-refractivity contribution in [2.24, 2.45) is 0 Å². The molecule has 1 aromatic carbocycles. The molecule has 21 heavy (non-hydrogen) atoms. The second-order valence-corrected chi connectivity index (χ2v) is 5.95. The van der Waals surface area contributed by atoms with Crippen LogP contribution in [0.1, 0.15) is 6.92 Å². The minimum absolute atomic E-state index is 0. The van der Waals surface area contributed by atoms with E-state index in [2.05, 4.69) is 0 Å². The number of hydrogen-bond acceptors (Lipinski definition) is 4. The molecule has 0 aliphatic heterocycles. The standard InChI is InChI=1S/C11H16NO7P.Na.H/c1-9(19-10-5-3-2-4-6-10)12(15,7-11(13)14)8-20(16,17)18;;/h2-6,9H,7-8H2,1H3,(H,13,14)(H2,16,17,18);;. The Morgan fingerprint density at radius 2 is 1.90 bits per heavy atom. The Balaban J connectivity index is 0.00000400. The van der Waals surface area contributed by atoms with Crippen LogP contribution in [0.15, 0.2) is 30.3 Å². The second kappa shape index (κ2) is 8.26. The summed E-state index contributed by atoms with van der Waals surface area (Å²) in [5.41, 5.74) is 0. The number of nitrogens with zero attached hydrogens (tertiary/aromatic N) is 1. The Bertz CT molecular complexity index is 509. The number of para-hydroxylation sites is 1. The van der Waals surface area contributed by atoms with Gasteiger partial charge in [0.25, 0.3) is 0 Å². The van der Waals surface area contributed by atoms with Crippen LogP contribution in [0.2, 0.25) is 0 Å². The van der Waals surface area contributed by atoms with Gasteiger partial charge in [0.05, 0.1) is 0 Å². The average molecular weight is 329 g/mol.